The highest BCUT2D eigenvalue weighted by atomic mass is 16.5. The van der Waals surface area contributed by atoms with Crippen LogP contribution in [0, 0.1) is 0 Å². The van der Waals surface area contributed by atoms with Crippen molar-refractivity contribution in [2.24, 2.45) is 0 Å². The number of hydrogen-bond acceptors (Lipinski definition) is 2. The number of anilines is 1. The van der Waals surface area contributed by atoms with Gasteiger partial charge in [-0.1, -0.05) is 13.8 Å². The zero-order valence-electron chi connectivity index (χ0n) is 9.83. The second-order valence-corrected chi connectivity index (χ2v) is 2.64. The molecule has 0 heterocycles. The smallest absolute Gasteiger partial charge is 0.221 e. The van der Waals surface area contributed by atoms with E-state index in [-0.39, 0.29) is 5.91 Å². The molecular formula is C12H19NO2. The van der Waals surface area contributed by atoms with Crippen molar-refractivity contribution in [3.05, 3.63) is 24.3 Å². The minimum absolute atomic E-state index is 0.0656. The van der Waals surface area contributed by atoms with Crippen LogP contribution < -0.4 is 10.1 Å². The molecule has 0 radical (unpaired) electrons. The molecule has 0 fully saturated rings. The summed E-state index contributed by atoms with van der Waals surface area (Å²) >= 11 is 0. The molecule has 1 amide bonds. The maximum atomic E-state index is 10.7. The van der Waals surface area contributed by atoms with E-state index in [2.05, 4.69) is 5.32 Å². The van der Waals surface area contributed by atoms with Crippen LogP contribution in [0.2, 0.25) is 0 Å². The van der Waals surface area contributed by atoms with Crippen LogP contribution in [0.15, 0.2) is 24.3 Å². The van der Waals surface area contributed by atoms with Crippen molar-refractivity contribution in [1.82, 2.24) is 0 Å². The Bertz CT molecular complexity index is 280. The summed E-state index contributed by atoms with van der Waals surface area (Å²) in [5, 5.41) is 2.68. The third kappa shape index (κ3) is 5.73. The Balaban J connectivity index is 0.000000921. The molecule has 0 bridgehead atoms. The summed E-state index contributed by atoms with van der Waals surface area (Å²) in [5.74, 6) is 0.751. The van der Waals surface area contributed by atoms with Gasteiger partial charge in [0.1, 0.15) is 5.75 Å². The Kier molecular flexibility index (Phi) is 7.06. The molecule has 0 saturated carbocycles. The molecular weight excluding hydrogens is 190 g/mol. The second-order valence-electron chi connectivity index (χ2n) is 2.64. The van der Waals surface area contributed by atoms with Crippen LogP contribution in [0.4, 0.5) is 5.69 Å². The van der Waals surface area contributed by atoms with E-state index in [4.69, 9.17) is 4.74 Å². The topological polar surface area (TPSA) is 38.3 Å². The van der Waals surface area contributed by atoms with E-state index < -0.39 is 0 Å². The number of hydrogen-bond donors (Lipinski definition) is 1. The van der Waals surface area contributed by atoms with Gasteiger partial charge in [-0.25, -0.2) is 0 Å². The van der Waals surface area contributed by atoms with Crippen LogP contribution in [-0.2, 0) is 4.79 Å². The monoisotopic (exact) mass is 209 g/mol. The minimum Gasteiger partial charge on any atom is -0.494 e. The molecule has 0 spiro atoms. The summed E-state index contributed by atoms with van der Waals surface area (Å²) in [6.45, 7) is 8.07. The molecule has 1 aromatic rings. The molecule has 0 aliphatic heterocycles. The van der Waals surface area contributed by atoms with Crippen LogP contribution in [0.5, 0.6) is 5.75 Å². The third-order valence-corrected chi connectivity index (χ3v) is 1.49. The largest absolute Gasteiger partial charge is 0.494 e. The number of amides is 1. The lowest BCUT2D eigenvalue weighted by atomic mass is 10.3. The van der Waals surface area contributed by atoms with E-state index in [1.807, 2.05) is 45.0 Å². The van der Waals surface area contributed by atoms with E-state index in [1.54, 1.807) is 0 Å². The lowest BCUT2D eigenvalue weighted by Gasteiger charge is -2.04. The van der Waals surface area contributed by atoms with Crippen LogP contribution >= 0.6 is 0 Å². The molecule has 15 heavy (non-hydrogen) atoms. The number of nitrogens with one attached hydrogen (secondary N) is 1. The SMILES string of the molecule is CC.CCOc1ccc(NC(C)=O)cc1. The standard InChI is InChI=1S/C10H13NO2.C2H6/c1-3-13-10-6-4-9(5-7-10)11-8(2)12;1-2/h4-7H,3H2,1-2H3,(H,11,12);1-2H3. The molecule has 1 rings (SSSR count). The van der Waals surface area contributed by atoms with Gasteiger partial charge in [0.25, 0.3) is 0 Å². The molecule has 0 saturated heterocycles. The van der Waals surface area contributed by atoms with Crippen LogP contribution in [0.1, 0.15) is 27.7 Å². The first-order chi connectivity index (χ1) is 7.22. The summed E-state index contributed by atoms with van der Waals surface area (Å²) < 4.78 is 5.25. The second kappa shape index (κ2) is 7.85. The Morgan fingerprint density at radius 3 is 2.20 bits per heavy atom. The molecule has 1 aromatic carbocycles. The van der Waals surface area contributed by atoms with Gasteiger partial charge in [-0.3, -0.25) is 4.79 Å². The summed E-state index contributed by atoms with van der Waals surface area (Å²) in [4.78, 5) is 10.7. The molecule has 84 valence electrons. The number of ether oxygens (including phenoxy) is 1. The lowest BCUT2D eigenvalue weighted by molar-refractivity contribution is -0.114. The first kappa shape index (κ1) is 13.5. The van der Waals surface area contributed by atoms with Gasteiger partial charge in [-0.05, 0) is 31.2 Å². The lowest BCUT2D eigenvalue weighted by Crippen LogP contribution is -2.05. The summed E-state index contributed by atoms with van der Waals surface area (Å²) in [5.41, 5.74) is 0.788. The van der Waals surface area contributed by atoms with Crippen LogP contribution in [0.3, 0.4) is 0 Å². The Hall–Kier alpha value is -1.51. The first-order valence-electron chi connectivity index (χ1n) is 5.23. The fourth-order valence-electron chi connectivity index (χ4n) is 1.00. The minimum atomic E-state index is -0.0656. The number of benzene rings is 1. The van der Waals surface area contributed by atoms with Gasteiger partial charge >= 0.3 is 0 Å². The van der Waals surface area contributed by atoms with Crippen molar-refractivity contribution >= 4 is 11.6 Å². The fraction of sp³-hybridized carbons (Fsp3) is 0.417. The zero-order valence-corrected chi connectivity index (χ0v) is 9.83. The average Bonchev–Trinajstić information content (AvgIpc) is 2.24. The molecule has 0 aliphatic rings. The van der Waals surface area contributed by atoms with Crippen molar-refractivity contribution in [3.63, 3.8) is 0 Å². The number of carbonyl (C=O) groups excluding carboxylic acids is 1. The van der Waals surface area contributed by atoms with Crippen molar-refractivity contribution in [1.29, 1.82) is 0 Å². The van der Waals surface area contributed by atoms with Crippen LogP contribution in [-0.4, -0.2) is 12.5 Å². The number of rotatable bonds is 3. The van der Waals surface area contributed by atoms with Gasteiger partial charge in [-0.2, -0.15) is 0 Å². The first-order valence-corrected chi connectivity index (χ1v) is 5.23. The summed E-state index contributed by atoms with van der Waals surface area (Å²) in [6.07, 6.45) is 0. The normalized spacial score (nSPS) is 8.53. The predicted molar refractivity (Wildman–Crippen MR) is 63.3 cm³/mol. The highest BCUT2D eigenvalue weighted by Gasteiger charge is 1.95. The highest BCUT2D eigenvalue weighted by molar-refractivity contribution is 5.88. The van der Waals surface area contributed by atoms with Gasteiger partial charge in [0, 0.05) is 12.6 Å². The van der Waals surface area contributed by atoms with Crippen molar-refractivity contribution in [2.75, 3.05) is 11.9 Å². The van der Waals surface area contributed by atoms with E-state index in [1.165, 1.54) is 6.92 Å². The Morgan fingerprint density at radius 2 is 1.80 bits per heavy atom. The van der Waals surface area contributed by atoms with E-state index in [0.29, 0.717) is 6.61 Å². The number of carbonyl (C=O) groups is 1. The quantitative estimate of drug-likeness (QED) is 0.830. The van der Waals surface area contributed by atoms with Crippen LogP contribution in [0.25, 0.3) is 0 Å². The van der Waals surface area contributed by atoms with Crippen molar-refractivity contribution < 1.29 is 9.53 Å². The molecule has 0 aromatic heterocycles. The van der Waals surface area contributed by atoms with E-state index >= 15 is 0 Å². The summed E-state index contributed by atoms with van der Waals surface area (Å²) in [7, 11) is 0. The molecule has 3 nitrogen and oxygen atoms in total. The van der Waals surface area contributed by atoms with E-state index in [9.17, 15) is 4.79 Å². The fourth-order valence-corrected chi connectivity index (χ4v) is 1.00. The predicted octanol–water partition coefficient (Wildman–Crippen LogP) is 3.07. The molecule has 1 N–H and O–H groups in total. The van der Waals surface area contributed by atoms with Gasteiger partial charge < -0.3 is 10.1 Å². The average molecular weight is 209 g/mol. The van der Waals surface area contributed by atoms with Gasteiger partial charge in [0.15, 0.2) is 0 Å². The van der Waals surface area contributed by atoms with Gasteiger partial charge in [0.2, 0.25) is 5.91 Å². The molecule has 0 atom stereocenters. The highest BCUT2D eigenvalue weighted by Crippen LogP contribution is 2.15. The molecule has 3 heteroatoms. The molecule has 0 aliphatic carbocycles. The van der Waals surface area contributed by atoms with E-state index in [0.717, 1.165) is 11.4 Å². The van der Waals surface area contributed by atoms with Gasteiger partial charge in [0.05, 0.1) is 6.61 Å². The third-order valence-electron chi connectivity index (χ3n) is 1.49. The molecule has 0 unspecified atom stereocenters. The van der Waals surface area contributed by atoms with Crippen molar-refractivity contribution in [2.45, 2.75) is 27.7 Å². The Morgan fingerprint density at radius 1 is 1.27 bits per heavy atom. The summed E-state index contributed by atoms with van der Waals surface area (Å²) in [6, 6.07) is 7.28. The van der Waals surface area contributed by atoms with Gasteiger partial charge in [-0.15, -0.1) is 0 Å². The Labute approximate surface area is 91.5 Å². The maximum absolute atomic E-state index is 10.7. The van der Waals surface area contributed by atoms with Crippen molar-refractivity contribution in [3.8, 4) is 5.75 Å². The zero-order chi connectivity index (χ0) is 11.7. The maximum Gasteiger partial charge on any atom is 0.221 e.